The van der Waals surface area contributed by atoms with Gasteiger partial charge >= 0.3 is 5.97 Å². The Hall–Kier alpha value is -3.27. The Morgan fingerprint density at radius 1 is 0.918 bits per heavy atom. The maximum Gasteiger partial charge on any atom is 0.309 e. The molecule has 1 heterocycles. The van der Waals surface area contributed by atoms with Crippen LogP contribution in [0.3, 0.4) is 0 Å². The molecule has 0 radical (unpaired) electrons. The lowest BCUT2D eigenvalue weighted by molar-refractivity contribution is -0.149. The summed E-state index contributed by atoms with van der Waals surface area (Å²) >= 11 is 0. The summed E-state index contributed by atoms with van der Waals surface area (Å²) in [5, 5.41) is 0. The van der Waals surface area contributed by atoms with Crippen molar-refractivity contribution >= 4 is 29.5 Å². The molecule has 0 spiro atoms. The van der Waals surface area contributed by atoms with Gasteiger partial charge in [-0.2, -0.15) is 0 Å². The minimum absolute atomic E-state index is 0.0164. The normalized spacial score (nSPS) is 18.9. The van der Waals surface area contributed by atoms with E-state index in [-0.39, 0.29) is 78.5 Å². The SMILES string of the molecule is CC[C@H](C)[C@@H]([C@@H](CC(=O)N1CCC[C@H]1[C@H](C)[C@@H](C)C(=O)C[C@@H](Cc1ccccc1)C(=O)OC)OC)N(C)C(=O)[C@@H](CC(=O)N(C)C)C(C)C. The molecular formula is C39H63N3O7. The van der Waals surface area contributed by atoms with E-state index in [4.69, 9.17) is 9.47 Å². The van der Waals surface area contributed by atoms with Gasteiger partial charge in [0.05, 0.1) is 31.6 Å². The number of nitrogens with zero attached hydrogens (tertiary/aromatic N) is 3. The third-order valence-electron chi connectivity index (χ3n) is 10.9. The van der Waals surface area contributed by atoms with Crippen LogP contribution in [0, 0.1) is 35.5 Å². The monoisotopic (exact) mass is 685 g/mol. The van der Waals surface area contributed by atoms with E-state index in [1.54, 1.807) is 33.2 Å². The predicted octanol–water partition coefficient (Wildman–Crippen LogP) is 5.27. The van der Waals surface area contributed by atoms with Gasteiger partial charge in [-0.15, -0.1) is 0 Å². The first-order valence-electron chi connectivity index (χ1n) is 18.0. The molecule has 276 valence electrons. The zero-order chi connectivity index (χ0) is 37.0. The number of likely N-dealkylation sites (tertiary alicyclic amines) is 1. The van der Waals surface area contributed by atoms with Crippen molar-refractivity contribution in [3.05, 3.63) is 35.9 Å². The molecule has 0 aromatic heterocycles. The summed E-state index contributed by atoms with van der Waals surface area (Å²) in [7, 11) is 8.07. The third-order valence-corrected chi connectivity index (χ3v) is 10.9. The molecule has 0 bridgehead atoms. The predicted molar refractivity (Wildman–Crippen MR) is 191 cm³/mol. The van der Waals surface area contributed by atoms with Crippen LogP contribution in [0.15, 0.2) is 30.3 Å². The van der Waals surface area contributed by atoms with Crippen molar-refractivity contribution in [1.82, 2.24) is 14.7 Å². The molecule has 10 nitrogen and oxygen atoms in total. The minimum atomic E-state index is -0.577. The highest BCUT2D eigenvalue weighted by Crippen LogP contribution is 2.33. The van der Waals surface area contributed by atoms with Gasteiger partial charge in [-0.1, -0.05) is 78.3 Å². The van der Waals surface area contributed by atoms with Crippen LogP contribution >= 0.6 is 0 Å². The van der Waals surface area contributed by atoms with E-state index in [0.29, 0.717) is 13.0 Å². The minimum Gasteiger partial charge on any atom is -0.469 e. The first-order valence-corrected chi connectivity index (χ1v) is 18.0. The Morgan fingerprint density at radius 2 is 1.55 bits per heavy atom. The second kappa shape index (κ2) is 19.8. The van der Waals surface area contributed by atoms with E-state index in [9.17, 15) is 24.0 Å². The highest BCUT2D eigenvalue weighted by atomic mass is 16.5. The molecular weight excluding hydrogens is 622 g/mol. The highest BCUT2D eigenvalue weighted by molar-refractivity contribution is 5.87. The first-order chi connectivity index (χ1) is 23.1. The molecule has 2 rings (SSSR count). The number of amides is 3. The molecule has 8 atom stereocenters. The Balaban J connectivity index is 2.21. The van der Waals surface area contributed by atoms with E-state index >= 15 is 0 Å². The maximum absolute atomic E-state index is 14.0. The van der Waals surface area contributed by atoms with Gasteiger partial charge in [0.15, 0.2) is 0 Å². The molecule has 0 unspecified atom stereocenters. The molecule has 1 aromatic carbocycles. The van der Waals surface area contributed by atoms with E-state index in [1.165, 1.54) is 12.0 Å². The molecule has 0 saturated carbocycles. The zero-order valence-corrected chi connectivity index (χ0v) is 31.9. The van der Waals surface area contributed by atoms with Gasteiger partial charge in [-0.3, -0.25) is 24.0 Å². The van der Waals surface area contributed by atoms with Crippen LogP contribution in [-0.2, 0) is 39.9 Å². The second-order valence-electron chi connectivity index (χ2n) is 14.7. The fourth-order valence-electron chi connectivity index (χ4n) is 7.27. The average molecular weight is 686 g/mol. The molecule has 49 heavy (non-hydrogen) atoms. The Kier molecular flexibility index (Phi) is 16.9. The lowest BCUT2D eigenvalue weighted by Crippen LogP contribution is -2.53. The number of carbonyl (C=O) groups excluding carboxylic acids is 5. The summed E-state index contributed by atoms with van der Waals surface area (Å²) in [6, 6.07) is 9.12. The number of hydrogen-bond acceptors (Lipinski definition) is 7. The number of benzene rings is 1. The fourth-order valence-corrected chi connectivity index (χ4v) is 7.27. The smallest absolute Gasteiger partial charge is 0.309 e. The van der Waals surface area contributed by atoms with Gasteiger partial charge in [-0.05, 0) is 42.6 Å². The molecule has 1 saturated heterocycles. The number of carbonyl (C=O) groups is 5. The Bertz CT molecular complexity index is 1240. The van der Waals surface area contributed by atoms with Crippen LogP contribution in [0.5, 0.6) is 0 Å². The van der Waals surface area contributed by atoms with Gasteiger partial charge in [0.1, 0.15) is 5.78 Å². The lowest BCUT2D eigenvalue weighted by atomic mass is 9.81. The molecule has 0 N–H and O–H groups in total. The maximum atomic E-state index is 14.0. The summed E-state index contributed by atoms with van der Waals surface area (Å²) in [6.45, 7) is 12.5. The van der Waals surface area contributed by atoms with Crippen molar-refractivity contribution in [2.75, 3.05) is 41.9 Å². The van der Waals surface area contributed by atoms with Crippen LogP contribution in [-0.4, -0.2) is 104 Å². The lowest BCUT2D eigenvalue weighted by Gasteiger charge is -2.40. The van der Waals surface area contributed by atoms with Crippen LogP contribution in [0.25, 0.3) is 0 Å². The third kappa shape index (κ3) is 11.4. The quantitative estimate of drug-likeness (QED) is 0.182. The number of methoxy groups -OCH3 is 2. The van der Waals surface area contributed by atoms with Crippen molar-refractivity contribution < 1.29 is 33.4 Å². The van der Waals surface area contributed by atoms with Crippen LogP contribution in [0.1, 0.15) is 85.6 Å². The van der Waals surface area contributed by atoms with Gasteiger partial charge in [-0.25, -0.2) is 0 Å². The van der Waals surface area contributed by atoms with Crippen molar-refractivity contribution in [3.63, 3.8) is 0 Å². The van der Waals surface area contributed by atoms with E-state index < -0.39 is 23.9 Å². The number of ether oxygens (including phenoxy) is 2. The fraction of sp³-hybridized carbons (Fsp3) is 0.718. The summed E-state index contributed by atoms with van der Waals surface area (Å²) in [5.74, 6) is -2.26. The number of likely N-dealkylation sites (N-methyl/N-ethyl adjacent to an activating group) is 1. The number of Topliss-reactive ketones (excluding diaryl/α,β-unsaturated/α-hetero) is 1. The highest BCUT2D eigenvalue weighted by Gasteiger charge is 2.41. The van der Waals surface area contributed by atoms with Crippen molar-refractivity contribution in [2.24, 2.45) is 35.5 Å². The first kappa shape index (κ1) is 41.9. The number of esters is 1. The average Bonchev–Trinajstić information content (AvgIpc) is 3.58. The van der Waals surface area contributed by atoms with Gasteiger partial charge in [0, 0.05) is 65.5 Å². The van der Waals surface area contributed by atoms with Gasteiger partial charge in [0.2, 0.25) is 17.7 Å². The van der Waals surface area contributed by atoms with Crippen LogP contribution < -0.4 is 0 Å². The topological polar surface area (TPSA) is 114 Å². The number of hydrogen-bond donors (Lipinski definition) is 0. The Morgan fingerprint density at radius 3 is 2.08 bits per heavy atom. The van der Waals surface area contributed by atoms with Crippen molar-refractivity contribution in [3.8, 4) is 0 Å². The molecule has 1 aliphatic rings. The number of rotatable bonds is 19. The van der Waals surface area contributed by atoms with E-state index in [0.717, 1.165) is 24.8 Å². The summed E-state index contributed by atoms with van der Waals surface area (Å²) in [4.78, 5) is 72.0. The largest absolute Gasteiger partial charge is 0.469 e. The Labute approximate surface area is 295 Å². The molecule has 1 fully saturated rings. The summed E-state index contributed by atoms with van der Waals surface area (Å²) in [5.41, 5.74) is 0.969. The molecule has 0 aliphatic carbocycles. The molecule has 3 amide bonds. The van der Waals surface area contributed by atoms with E-state index in [2.05, 4.69) is 13.8 Å². The molecule has 1 aliphatic heterocycles. The standard InChI is InChI=1S/C39H63N3O7/c1-12-26(4)37(41(9)38(46)31(25(2)3)23-35(44)40(7)8)34(48-10)24-36(45)42-20-16-19-32(42)27(5)28(6)33(43)22-30(39(47)49-11)21-29-17-14-13-15-18-29/h13-15,17-18,25-28,30-32,34,37H,12,16,19-24H2,1-11H3/t26-,27+,28+,30+,31-,32-,34+,37-/m0/s1. The summed E-state index contributed by atoms with van der Waals surface area (Å²) < 4.78 is 11.0. The molecule has 1 aromatic rings. The zero-order valence-electron chi connectivity index (χ0n) is 31.9. The summed E-state index contributed by atoms with van der Waals surface area (Å²) in [6.07, 6.45) is 2.56. The van der Waals surface area contributed by atoms with E-state index in [1.807, 2.05) is 62.9 Å². The van der Waals surface area contributed by atoms with Gasteiger partial charge < -0.3 is 24.2 Å². The second-order valence-corrected chi connectivity index (χ2v) is 14.7. The van der Waals surface area contributed by atoms with Crippen LogP contribution in [0.2, 0.25) is 0 Å². The van der Waals surface area contributed by atoms with Crippen molar-refractivity contribution in [1.29, 1.82) is 0 Å². The van der Waals surface area contributed by atoms with Crippen molar-refractivity contribution in [2.45, 2.75) is 105 Å². The van der Waals surface area contributed by atoms with Crippen LogP contribution in [0.4, 0.5) is 0 Å². The molecule has 10 heteroatoms. The number of ketones is 1. The van der Waals surface area contributed by atoms with Gasteiger partial charge in [0.25, 0.3) is 0 Å².